The smallest absolute Gasteiger partial charge is 0.322 e. The van der Waals surface area contributed by atoms with Crippen LogP contribution in [0.5, 0.6) is 5.75 Å². The van der Waals surface area contributed by atoms with Crippen LogP contribution in [0.3, 0.4) is 0 Å². The molecule has 88 valence electrons. The highest BCUT2D eigenvalue weighted by atomic mass is 79.9. The quantitative estimate of drug-likeness (QED) is 0.631. The summed E-state index contributed by atoms with van der Waals surface area (Å²) >= 11 is 3.20. The summed E-state index contributed by atoms with van der Waals surface area (Å²) in [7, 11) is 1.36. The number of hydrogen-bond donors (Lipinski definition) is 0. The lowest BCUT2D eigenvalue weighted by Crippen LogP contribution is -2.23. The number of esters is 1. The van der Waals surface area contributed by atoms with Gasteiger partial charge in [0, 0.05) is 0 Å². The van der Waals surface area contributed by atoms with Crippen molar-refractivity contribution in [3.05, 3.63) is 29.3 Å². The van der Waals surface area contributed by atoms with Gasteiger partial charge >= 0.3 is 5.97 Å². The first-order valence-electron chi connectivity index (χ1n) is 4.96. The molecular formula is C12H15BrO3. The zero-order valence-electron chi connectivity index (χ0n) is 9.62. The minimum atomic E-state index is -0.433. The van der Waals surface area contributed by atoms with Crippen molar-refractivity contribution in [1.29, 1.82) is 0 Å². The topological polar surface area (TPSA) is 35.5 Å². The Bertz CT molecular complexity index is 377. The van der Waals surface area contributed by atoms with Gasteiger partial charge in [-0.05, 0) is 31.0 Å². The van der Waals surface area contributed by atoms with Crippen LogP contribution >= 0.6 is 15.9 Å². The summed E-state index contributed by atoms with van der Waals surface area (Å²) < 4.78 is 10.1. The maximum Gasteiger partial charge on any atom is 0.322 e. The number of carbonyl (C=O) groups is 1. The summed E-state index contributed by atoms with van der Waals surface area (Å²) in [6.07, 6.45) is 0. The summed E-state index contributed by atoms with van der Waals surface area (Å²) in [6.45, 7) is 4.23. The molecule has 0 aliphatic heterocycles. The Hall–Kier alpha value is -1.03. The molecule has 0 bridgehead atoms. The normalized spacial score (nSPS) is 12.0. The summed E-state index contributed by atoms with van der Waals surface area (Å²) in [5, 5.41) is 0. The van der Waals surface area contributed by atoms with Crippen LogP contribution in [0.2, 0.25) is 0 Å². The molecule has 0 spiro atoms. The monoisotopic (exact) mass is 286 g/mol. The van der Waals surface area contributed by atoms with Crippen LogP contribution in [0.25, 0.3) is 0 Å². The molecule has 3 nitrogen and oxygen atoms in total. The van der Waals surface area contributed by atoms with Gasteiger partial charge in [-0.15, -0.1) is 0 Å². The summed E-state index contributed by atoms with van der Waals surface area (Å²) in [5.41, 5.74) is 2.18. The summed E-state index contributed by atoms with van der Waals surface area (Å²) in [5.74, 6) is 0.471. The van der Waals surface area contributed by atoms with E-state index in [0.29, 0.717) is 0 Å². The number of methoxy groups -OCH3 is 1. The highest BCUT2D eigenvalue weighted by molar-refractivity contribution is 9.10. The van der Waals surface area contributed by atoms with Gasteiger partial charge in [-0.2, -0.15) is 0 Å². The average Bonchev–Trinajstić information content (AvgIpc) is 2.28. The minimum absolute atomic E-state index is 0.261. The molecule has 0 fully saturated rings. The lowest BCUT2D eigenvalue weighted by Gasteiger charge is -2.12. The minimum Gasteiger partial charge on any atom is -0.492 e. The molecule has 1 atom stereocenters. The van der Waals surface area contributed by atoms with Gasteiger partial charge in [-0.25, -0.2) is 0 Å². The maximum atomic E-state index is 11.1. The van der Waals surface area contributed by atoms with E-state index in [1.54, 1.807) is 0 Å². The van der Waals surface area contributed by atoms with E-state index in [2.05, 4.69) is 20.7 Å². The molecule has 0 heterocycles. The van der Waals surface area contributed by atoms with Gasteiger partial charge < -0.3 is 9.47 Å². The van der Waals surface area contributed by atoms with E-state index in [4.69, 9.17) is 4.74 Å². The molecule has 0 saturated carbocycles. The van der Waals surface area contributed by atoms with Gasteiger partial charge in [0.1, 0.15) is 17.2 Å². The maximum absolute atomic E-state index is 11.1. The molecule has 1 rings (SSSR count). The van der Waals surface area contributed by atoms with Crippen molar-refractivity contribution in [2.45, 2.75) is 18.7 Å². The van der Waals surface area contributed by atoms with Gasteiger partial charge in [0.2, 0.25) is 0 Å². The first kappa shape index (κ1) is 13.0. The Morgan fingerprint density at radius 3 is 2.75 bits per heavy atom. The Morgan fingerprint density at radius 1 is 1.44 bits per heavy atom. The first-order chi connectivity index (χ1) is 7.54. The largest absolute Gasteiger partial charge is 0.492 e. The number of rotatable bonds is 4. The molecule has 0 aliphatic carbocycles. The van der Waals surface area contributed by atoms with Crippen molar-refractivity contribution >= 4 is 21.9 Å². The number of aryl methyl sites for hydroxylation is 2. The molecule has 0 aromatic heterocycles. The van der Waals surface area contributed by atoms with Crippen molar-refractivity contribution in [2.75, 3.05) is 13.7 Å². The molecule has 16 heavy (non-hydrogen) atoms. The van der Waals surface area contributed by atoms with Crippen molar-refractivity contribution < 1.29 is 14.3 Å². The van der Waals surface area contributed by atoms with E-state index < -0.39 is 4.83 Å². The Balaban J connectivity index is 2.60. The zero-order chi connectivity index (χ0) is 12.1. The van der Waals surface area contributed by atoms with Crippen molar-refractivity contribution in [1.82, 2.24) is 0 Å². The molecule has 1 aromatic carbocycles. The summed E-state index contributed by atoms with van der Waals surface area (Å²) in [4.78, 5) is 10.7. The van der Waals surface area contributed by atoms with Crippen LogP contribution in [0.4, 0.5) is 0 Å². The molecule has 0 radical (unpaired) electrons. The van der Waals surface area contributed by atoms with E-state index in [0.717, 1.165) is 16.9 Å². The Kier molecular flexibility index (Phi) is 4.80. The van der Waals surface area contributed by atoms with Crippen LogP contribution < -0.4 is 4.74 Å². The zero-order valence-corrected chi connectivity index (χ0v) is 11.2. The third-order valence-corrected chi connectivity index (χ3v) is 2.82. The van der Waals surface area contributed by atoms with Crippen molar-refractivity contribution in [3.8, 4) is 5.75 Å². The van der Waals surface area contributed by atoms with Gasteiger partial charge in [0.15, 0.2) is 0 Å². The molecule has 0 saturated heterocycles. The lowest BCUT2D eigenvalue weighted by atomic mass is 10.1. The molecule has 1 unspecified atom stereocenters. The van der Waals surface area contributed by atoms with Gasteiger partial charge in [0.25, 0.3) is 0 Å². The van der Waals surface area contributed by atoms with Crippen LogP contribution in [0.1, 0.15) is 11.1 Å². The number of ether oxygens (including phenoxy) is 2. The number of benzene rings is 1. The fourth-order valence-electron chi connectivity index (χ4n) is 1.22. The molecule has 4 heteroatoms. The fraction of sp³-hybridized carbons (Fsp3) is 0.417. The van der Waals surface area contributed by atoms with Crippen LogP contribution in [-0.2, 0) is 9.53 Å². The molecule has 0 N–H and O–H groups in total. The van der Waals surface area contributed by atoms with E-state index in [1.165, 1.54) is 7.11 Å². The third kappa shape index (κ3) is 3.52. The highest BCUT2D eigenvalue weighted by Gasteiger charge is 2.16. The fourth-order valence-corrected chi connectivity index (χ4v) is 1.54. The number of alkyl halides is 1. The lowest BCUT2D eigenvalue weighted by molar-refractivity contribution is -0.140. The number of hydrogen-bond acceptors (Lipinski definition) is 3. The number of halogens is 1. The van der Waals surface area contributed by atoms with Gasteiger partial charge in [0.05, 0.1) is 7.11 Å². The molecule has 0 aliphatic rings. The van der Waals surface area contributed by atoms with Crippen molar-refractivity contribution in [3.63, 3.8) is 0 Å². The standard InChI is InChI=1S/C12H15BrO3/c1-8-4-5-9(2)11(6-8)16-7-10(13)12(14)15-3/h4-6,10H,7H2,1-3H3. The predicted octanol–water partition coefficient (Wildman–Crippen LogP) is 2.62. The Labute approximate surface area is 104 Å². The average molecular weight is 287 g/mol. The first-order valence-corrected chi connectivity index (χ1v) is 5.88. The second-order valence-corrected chi connectivity index (χ2v) is 4.68. The molecule has 0 amide bonds. The van der Waals surface area contributed by atoms with Crippen LogP contribution in [0, 0.1) is 13.8 Å². The second kappa shape index (κ2) is 5.89. The van der Waals surface area contributed by atoms with Crippen molar-refractivity contribution in [2.24, 2.45) is 0 Å². The Morgan fingerprint density at radius 2 is 2.12 bits per heavy atom. The van der Waals surface area contributed by atoms with E-state index in [9.17, 15) is 4.79 Å². The summed E-state index contributed by atoms with van der Waals surface area (Å²) in [6, 6.07) is 5.96. The van der Waals surface area contributed by atoms with Gasteiger partial charge in [-0.3, -0.25) is 4.79 Å². The molecular weight excluding hydrogens is 272 g/mol. The van der Waals surface area contributed by atoms with Gasteiger partial charge in [-0.1, -0.05) is 28.1 Å². The van der Waals surface area contributed by atoms with E-state index in [1.807, 2.05) is 32.0 Å². The second-order valence-electron chi connectivity index (χ2n) is 3.57. The third-order valence-electron chi connectivity index (χ3n) is 2.19. The SMILES string of the molecule is COC(=O)C(Br)COc1cc(C)ccc1C. The molecule has 1 aromatic rings. The van der Waals surface area contributed by atoms with E-state index in [-0.39, 0.29) is 12.6 Å². The highest BCUT2D eigenvalue weighted by Crippen LogP contribution is 2.20. The van der Waals surface area contributed by atoms with Crippen LogP contribution in [0.15, 0.2) is 18.2 Å². The predicted molar refractivity (Wildman–Crippen MR) is 66.1 cm³/mol. The number of carbonyl (C=O) groups excluding carboxylic acids is 1. The van der Waals surface area contributed by atoms with E-state index >= 15 is 0 Å². The van der Waals surface area contributed by atoms with Crippen LogP contribution in [-0.4, -0.2) is 24.5 Å².